The minimum atomic E-state index is 0.181. The number of pyridine rings is 1. The van der Waals surface area contributed by atoms with Crippen LogP contribution in [0.3, 0.4) is 0 Å². The van der Waals surface area contributed by atoms with Crippen molar-refractivity contribution >= 4 is 5.91 Å². The quantitative estimate of drug-likeness (QED) is 0.722. The molecule has 2 saturated heterocycles. The van der Waals surface area contributed by atoms with Crippen molar-refractivity contribution < 1.29 is 4.79 Å². The van der Waals surface area contributed by atoms with Crippen LogP contribution in [0, 0.1) is 0 Å². The highest BCUT2D eigenvalue weighted by atomic mass is 16.2. The first kappa shape index (κ1) is 11.2. The van der Waals surface area contributed by atoms with Crippen LogP contribution in [0.25, 0.3) is 0 Å². The van der Waals surface area contributed by atoms with Crippen molar-refractivity contribution in [3.63, 3.8) is 0 Å². The highest BCUT2D eigenvalue weighted by molar-refractivity contribution is 5.94. The predicted molar refractivity (Wildman–Crippen MR) is 72.7 cm³/mol. The van der Waals surface area contributed by atoms with Gasteiger partial charge < -0.3 is 4.90 Å². The van der Waals surface area contributed by atoms with Crippen LogP contribution in [0.15, 0.2) is 35.7 Å². The van der Waals surface area contributed by atoms with Gasteiger partial charge in [-0.05, 0) is 50.7 Å². The van der Waals surface area contributed by atoms with Crippen LogP contribution >= 0.6 is 0 Å². The topological polar surface area (TPSA) is 33.2 Å². The molecule has 1 amide bonds. The number of carbonyl (C=O) groups excluding carboxylic acids is 1. The Hall–Kier alpha value is -1.64. The number of rotatable bonds is 1. The molecular formula is C16H18N2O. The van der Waals surface area contributed by atoms with Crippen molar-refractivity contribution in [2.24, 2.45) is 0 Å². The molecule has 4 rings (SSSR count). The van der Waals surface area contributed by atoms with Gasteiger partial charge in [0.05, 0.1) is 5.56 Å². The third-order valence-electron chi connectivity index (χ3n) is 4.73. The first-order valence-corrected chi connectivity index (χ1v) is 7.25. The van der Waals surface area contributed by atoms with Crippen molar-refractivity contribution in [1.82, 2.24) is 9.88 Å². The van der Waals surface area contributed by atoms with Gasteiger partial charge in [-0.1, -0.05) is 11.1 Å². The molecule has 2 unspecified atom stereocenters. The second-order valence-electron chi connectivity index (χ2n) is 5.95. The molecule has 1 aliphatic carbocycles. The zero-order valence-electron chi connectivity index (χ0n) is 11.0. The molecule has 0 spiro atoms. The normalized spacial score (nSPS) is 28.7. The third-order valence-corrected chi connectivity index (χ3v) is 4.73. The number of nitrogens with zero attached hydrogens (tertiary/aromatic N) is 2. The summed E-state index contributed by atoms with van der Waals surface area (Å²) in [4.78, 5) is 18.8. The summed E-state index contributed by atoms with van der Waals surface area (Å²) in [6.45, 7) is 0. The predicted octanol–water partition coefficient (Wildman–Crippen LogP) is 2.94. The van der Waals surface area contributed by atoms with Crippen LogP contribution in [-0.4, -0.2) is 27.9 Å². The highest BCUT2D eigenvalue weighted by Gasteiger charge is 2.42. The van der Waals surface area contributed by atoms with E-state index in [1.54, 1.807) is 23.5 Å². The summed E-state index contributed by atoms with van der Waals surface area (Å²) in [5.41, 5.74) is 4.09. The van der Waals surface area contributed by atoms with E-state index in [4.69, 9.17) is 0 Å². The van der Waals surface area contributed by atoms with Gasteiger partial charge in [0.1, 0.15) is 0 Å². The molecule has 3 heterocycles. The molecule has 3 nitrogen and oxygen atoms in total. The Kier molecular flexibility index (Phi) is 2.47. The van der Waals surface area contributed by atoms with Crippen LogP contribution in [0.5, 0.6) is 0 Å². The Balaban J connectivity index is 1.60. The molecule has 1 aromatic rings. The van der Waals surface area contributed by atoms with E-state index >= 15 is 0 Å². The number of hydrogen-bond acceptors (Lipinski definition) is 2. The summed E-state index contributed by atoms with van der Waals surface area (Å²) >= 11 is 0. The van der Waals surface area contributed by atoms with Crippen molar-refractivity contribution in [3.8, 4) is 0 Å². The van der Waals surface area contributed by atoms with Gasteiger partial charge in [-0.2, -0.15) is 0 Å². The maximum Gasteiger partial charge on any atom is 0.255 e. The van der Waals surface area contributed by atoms with E-state index in [9.17, 15) is 4.79 Å². The molecule has 98 valence electrons. The fourth-order valence-corrected chi connectivity index (χ4v) is 3.69. The Morgan fingerprint density at radius 2 is 1.89 bits per heavy atom. The maximum absolute atomic E-state index is 12.6. The zero-order valence-corrected chi connectivity index (χ0v) is 11.0. The van der Waals surface area contributed by atoms with E-state index < -0.39 is 0 Å². The molecule has 0 radical (unpaired) electrons. The SMILES string of the molecule is O=C(c1cccnc1)N1C2CCC1CC(=C1CC1)C2. The molecule has 2 aliphatic heterocycles. The lowest BCUT2D eigenvalue weighted by Crippen LogP contribution is -2.44. The van der Waals surface area contributed by atoms with Crippen LogP contribution in [0.2, 0.25) is 0 Å². The number of hydrogen-bond donors (Lipinski definition) is 0. The lowest BCUT2D eigenvalue weighted by molar-refractivity contribution is 0.0634. The second kappa shape index (κ2) is 4.19. The number of amides is 1. The van der Waals surface area contributed by atoms with E-state index in [1.165, 1.54) is 25.7 Å². The van der Waals surface area contributed by atoms with Crippen molar-refractivity contribution in [2.45, 2.75) is 50.6 Å². The van der Waals surface area contributed by atoms with Gasteiger partial charge in [0.25, 0.3) is 5.91 Å². The van der Waals surface area contributed by atoms with Crippen LogP contribution in [-0.2, 0) is 0 Å². The van der Waals surface area contributed by atoms with Gasteiger partial charge in [-0.25, -0.2) is 0 Å². The van der Waals surface area contributed by atoms with Crippen molar-refractivity contribution in [2.75, 3.05) is 0 Å². The number of allylic oxidation sites excluding steroid dienone is 1. The van der Waals surface area contributed by atoms with E-state index in [0.717, 1.165) is 18.4 Å². The highest BCUT2D eigenvalue weighted by Crippen LogP contribution is 2.44. The van der Waals surface area contributed by atoms with E-state index in [1.807, 2.05) is 12.1 Å². The Labute approximate surface area is 113 Å². The number of aromatic nitrogens is 1. The maximum atomic E-state index is 12.6. The van der Waals surface area contributed by atoms with E-state index in [2.05, 4.69) is 9.88 Å². The minimum Gasteiger partial charge on any atom is -0.332 e. The third kappa shape index (κ3) is 1.88. The van der Waals surface area contributed by atoms with Crippen molar-refractivity contribution in [3.05, 3.63) is 41.2 Å². The fraction of sp³-hybridized carbons (Fsp3) is 0.500. The Morgan fingerprint density at radius 1 is 1.16 bits per heavy atom. The smallest absolute Gasteiger partial charge is 0.255 e. The monoisotopic (exact) mass is 254 g/mol. The molecular weight excluding hydrogens is 236 g/mol. The lowest BCUT2D eigenvalue weighted by Gasteiger charge is -2.36. The molecule has 3 fully saturated rings. The summed E-state index contributed by atoms with van der Waals surface area (Å²) in [6.07, 6.45) is 10.6. The molecule has 19 heavy (non-hydrogen) atoms. The molecule has 0 aromatic carbocycles. The Morgan fingerprint density at radius 3 is 2.47 bits per heavy atom. The summed E-state index contributed by atoms with van der Waals surface area (Å²) in [6, 6.07) is 4.60. The van der Waals surface area contributed by atoms with Gasteiger partial charge in [-0.3, -0.25) is 9.78 Å². The Bertz CT molecular complexity index is 527. The molecule has 1 aromatic heterocycles. The first-order chi connectivity index (χ1) is 9.33. The molecule has 2 atom stereocenters. The molecule has 0 N–H and O–H groups in total. The van der Waals surface area contributed by atoms with E-state index in [-0.39, 0.29) is 5.91 Å². The standard InChI is InChI=1S/C16H18N2O/c19-16(12-2-1-7-17-10-12)18-14-5-6-15(18)9-13(8-14)11-3-4-11/h1-2,7,10,14-15H,3-6,8-9H2. The molecule has 1 saturated carbocycles. The number of piperidine rings is 1. The first-order valence-electron chi connectivity index (χ1n) is 7.25. The van der Waals surface area contributed by atoms with Crippen LogP contribution in [0.1, 0.15) is 48.9 Å². The van der Waals surface area contributed by atoms with Crippen LogP contribution < -0.4 is 0 Å². The average molecular weight is 254 g/mol. The fourth-order valence-electron chi connectivity index (χ4n) is 3.69. The van der Waals surface area contributed by atoms with Gasteiger partial charge in [-0.15, -0.1) is 0 Å². The van der Waals surface area contributed by atoms with E-state index in [0.29, 0.717) is 12.1 Å². The van der Waals surface area contributed by atoms with Gasteiger partial charge in [0.2, 0.25) is 0 Å². The summed E-state index contributed by atoms with van der Waals surface area (Å²) < 4.78 is 0. The number of fused-ring (bicyclic) bond motifs is 2. The van der Waals surface area contributed by atoms with Gasteiger partial charge in [0, 0.05) is 24.5 Å². The second-order valence-corrected chi connectivity index (χ2v) is 5.95. The number of carbonyl (C=O) groups is 1. The van der Waals surface area contributed by atoms with Gasteiger partial charge >= 0.3 is 0 Å². The summed E-state index contributed by atoms with van der Waals surface area (Å²) in [7, 11) is 0. The zero-order chi connectivity index (χ0) is 12.8. The van der Waals surface area contributed by atoms with Gasteiger partial charge in [0.15, 0.2) is 0 Å². The van der Waals surface area contributed by atoms with Crippen LogP contribution in [0.4, 0.5) is 0 Å². The van der Waals surface area contributed by atoms with Crippen molar-refractivity contribution in [1.29, 1.82) is 0 Å². The minimum absolute atomic E-state index is 0.181. The largest absolute Gasteiger partial charge is 0.332 e. The molecule has 3 aliphatic rings. The molecule has 2 bridgehead atoms. The summed E-state index contributed by atoms with van der Waals surface area (Å²) in [5.74, 6) is 0.181. The average Bonchev–Trinajstić information content (AvgIpc) is 3.25. The summed E-state index contributed by atoms with van der Waals surface area (Å²) in [5, 5.41) is 0. The molecule has 3 heteroatoms. The lowest BCUT2D eigenvalue weighted by atomic mass is 9.95.